The lowest BCUT2D eigenvalue weighted by atomic mass is 10.1. The molecule has 0 aliphatic carbocycles. The molecule has 2 aromatic carbocycles. The van der Waals surface area contributed by atoms with Crippen LogP contribution in [0.5, 0.6) is 0 Å². The molecule has 1 atom stereocenters. The van der Waals surface area contributed by atoms with E-state index in [0.717, 1.165) is 12.1 Å². The van der Waals surface area contributed by atoms with Gasteiger partial charge in [0, 0.05) is 11.5 Å². The molecule has 3 aromatic rings. The molecule has 1 N–H and O–H groups in total. The molecule has 0 radical (unpaired) electrons. The van der Waals surface area contributed by atoms with Crippen LogP contribution in [0.4, 0.5) is 13.2 Å². The van der Waals surface area contributed by atoms with Crippen molar-refractivity contribution in [2.75, 3.05) is 0 Å². The van der Waals surface area contributed by atoms with Crippen LogP contribution in [0.1, 0.15) is 17.4 Å². The van der Waals surface area contributed by atoms with E-state index in [1.54, 1.807) is 0 Å². The minimum absolute atomic E-state index is 0.0297. The fourth-order valence-electron chi connectivity index (χ4n) is 2.07. The molecule has 0 fully saturated rings. The number of benzene rings is 2. The third kappa shape index (κ3) is 2.28. The standard InChI is InChI=1S/C15H9F3O2/c16-10-1-2-13-8(3-10)6-14(20-13)15(19)9-4-11(17)7-12(18)5-9/h1-7,15,19H. The van der Waals surface area contributed by atoms with Gasteiger partial charge in [-0.05, 0) is 42.0 Å². The zero-order chi connectivity index (χ0) is 14.3. The van der Waals surface area contributed by atoms with Crippen molar-refractivity contribution in [2.24, 2.45) is 0 Å². The molecule has 1 aromatic heterocycles. The number of aliphatic hydroxyl groups excluding tert-OH is 1. The number of halogens is 3. The Morgan fingerprint density at radius 2 is 1.55 bits per heavy atom. The van der Waals surface area contributed by atoms with Crippen LogP contribution in [0.3, 0.4) is 0 Å². The van der Waals surface area contributed by atoms with Crippen LogP contribution < -0.4 is 0 Å². The lowest BCUT2D eigenvalue weighted by Crippen LogP contribution is -1.99. The maximum absolute atomic E-state index is 13.1. The predicted molar refractivity (Wildman–Crippen MR) is 66.6 cm³/mol. The molecule has 5 heteroatoms. The SMILES string of the molecule is OC(c1cc(F)cc(F)c1)c1cc2cc(F)ccc2o1. The van der Waals surface area contributed by atoms with E-state index in [0.29, 0.717) is 17.0 Å². The van der Waals surface area contributed by atoms with Crippen molar-refractivity contribution in [1.29, 1.82) is 0 Å². The lowest BCUT2D eigenvalue weighted by Gasteiger charge is -2.08. The summed E-state index contributed by atoms with van der Waals surface area (Å²) in [6.07, 6.45) is -1.32. The average molecular weight is 278 g/mol. The molecular weight excluding hydrogens is 269 g/mol. The van der Waals surface area contributed by atoms with Gasteiger partial charge in [0.15, 0.2) is 0 Å². The summed E-state index contributed by atoms with van der Waals surface area (Å²) in [5, 5.41) is 10.6. The van der Waals surface area contributed by atoms with E-state index < -0.39 is 23.6 Å². The molecule has 0 aliphatic rings. The second-order valence-corrected chi connectivity index (χ2v) is 4.44. The first kappa shape index (κ1) is 12.7. The summed E-state index contributed by atoms with van der Waals surface area (Å²) < 4.78 is 44.7. The van der Waals surface area contributed by atoms with Crippen LogP contribution in [-0.2, 0) is 0 Å². The lowest BCUT2D eigenvalue weighted by molar-refractivity contribution is 0.191. The van der Waals surface area contributed by atoms with Gasteiger partial charge < -0.3 is 9.52 Å². The van der Waals surface area contributed by atoms with E-state index >= 15 is 0 Å². The number of fused-ring (bicyclic) bond motifs is 1. The highest BCUT2D eigenvalue weighted by Gasteiger charge is 2.17. The summed E-state index contributed by atoms with van der Waals surface area (Å²) >= 11 is 0. The molecule has 0 saturated carbocycles. The van der Waals surface area contributed by atoms with E-state index in [2.05, 4.69) is 0 Å². The molecule has 1 heterocycles. The van der Waals surface area contributed by atoms with Crippen molar-refractivity contribution in [1.82, 2.24) is 0 Å². The highest BCUT2D eigenvalue weighted by molar-refractivity contribution is 5.78. The zero-order valence-electron chi connectivity index (χ0n) is 10.1. The molecule has 0 amide bonds. The number of hydrogen-bond donors (Lipinski definition) is 1. The van der Waals surface area contributed by atoms with Crippen molar-refractivity contribution >= 4 is 11.0 Å². The summed E-state index contributed by atoms with van der Waals surface area (Å²) in [5.74, 6) is -1.92. The highest BCUT2D eigenvalue weighted by atomic mass is 19.1. The van der Waals surface area contributed by atoms with Gasteiger partial charge in [-0.3, -0.25) is 0 Å². The molecule has 1 unspecified atom stereocenters. The van der Waals surface area contributed by atoms with Crippen LogP contribution in [-0.4, -0.2) is 5.11 Å². The smallest absolute Gasteiger partial charge is 0.138 e. The monoisotopic (exact) mass is 278 g/mol. The zero-order valence-corrected chi connectivity index (χ0v) is 10.1. The molecule has 0 saturated heterocycles. The fourth-order valence-corrected chi connectivity index (χ4v) is 2.07. The molecule has 3 rings (SSSR count). The van der Waals surface area contributed by atoms with E-state index in [1.165, 1.54) is 24.3 Å². The van der Waals surface area contributed by atoms with Gasteiger partial charge in [0.1, 0.15) is 34.9 Å². The Kier molecular flexibility index (Phi) is 2.99. The minimum Gasteiger partial charge on any atom is -0.458 e. The van der Waals surface area contributed by atoms with Crippen LogP contribution in [0.2, 0.25) is 0 Å². The summed E-state index contributed by atoms with van der Waals surface area (Å²) in [4.78, 5) is 0. The fraction of sp³-hybridized carbons (Fsp3) is 0.0667. The van der Waals surface area contributed by atoms with Gasteiger partial charge in [-0.1, -0.05) is 0 Å². The molecule has 2 nitrogen and oxygen atoms in total. The largest absolute Gasteiger partial charge is 0.458 e. The Labute approximate surface area is 112 Å². The first-order chi connectivity index (χ1) is 9.52. The van der Waals surface area contributed by atoms with E-state index in [1.807, 2.05) is 0 Å². The Balaban J connectivity index is 2.05. The van der Waals surface area contributed by atoms with Gasteiger partial charge in [0.25, 0.3) is 0 Å². The van der Waals surface area contributed by atoms with Gasteiger partial charge in [-0.15, -0.1) is 0 Å². The van der Waals surface area contributed by atoms with E-state index in [9.17, 15) is 18.3 Å². The second kappa shape index (κ2) is 4.68. The Morgan fingerprint density at radius 3 is 2.25 bits per heavy atom. The highest BCUT2D eigenvalue weighted by Crippen LogP contribution is 2.29. The Morgan fingerprint density at radius 1 is 0.850 bits per heavy atom. The maximum atomic E-state index is 13.1. The van der Waals surface area contributed by atoms with Crippen molar-refractivity contribution < 1.29 is 22.7 Å². The van der Waals surface area contributed by atoms with E-state index in [-0.39, 0.29) is 11.3 Å². The third-order valence-corrected chi connectivity index (χ3v) is 2.97. The van der Waals surface area contributed by atoms with Gasteiger partial charge in [0.05, 0.1) is 0 Å². The quantitative estimate of drug-likeness (QED) is 0.770. The average Bonchev–Trinajstić information content (AvgIpc) is 2.79. The van der Waals surface area contributed by atoms with Crippen molar-refractivity contribution in [2.45, 2.75) is 6.10 Å². The number of aliphatic hydroxyl groups is 1. The topological polar surface area (TPSA) is 33.4 Å². The van der Waals surface area contributed by atoms with Gasteiger partial charge in [0.2, 0.25) is 0 Å². The van der Waals surface area contributed by atoms with Crippen LogP contribution >= 0.6 is 0 Å². The van der Waals surface area contributed by atoms with E-state index in [4.69, 9.17) is 4.42 Å². The van der Waals surface area contributed by atoms with Crippen LogP contribution in [0.15, 0.2) is 46.9 Å². The van der Waals surface area contributed by atoms with Crippen molar-refractivity contribution in [3.63, 3.8) is 0 Å². The summed E-state index contributed by atoms with van der Waals surface area (Å²) in [6, 6.07) is 8.08. The van der Waals surface area contributed by atoms with Crippen molar-refractivity contribution in [3.8, 4) is 0 Å². The Hall–Kier alpha value is -2.27. The molecule has 0 bridgehead atoms. The van der Waals surface area contributed by atoms with Gasteiger partial charge >= 0.3 is 0 Å². The minimum atomic E-state index is -1.32. The third-order valence-electron chi connectivity index (χ3n) is 2.97. The van der Waals surface area contributed by atoms with Gasteiger partial charge in [-0.25, -0.2) is 13.2 Å². The molecule has 102 valence electrons. The summed E-state index contributed by atoms with van der Waals surface area (Å²) in [6.45, 7) is 0. The van der Waals surface area contributed by atoms with Crippen LogP contribution in [0, 0.1) is 17.5 Å². The summed E-state index contributed by atoms with van der Waals surface area (Å²) in [5.41, 5.74) is 0.416. The number of hydrogen-bond acceptors (Lipinski definition) is 2. The molecule has 0 spiro atoms. The number of furan rings is 1. The second-order valence-electron chi connectivity index (χ2n) is 4.44. The molecule has 0 aliphatic heterocycles. The first-order valence-electron chi connectivity index (χ1n) is 5.86. The summed E-state index contributed by atoms with van der Waals surface area (Å²) in [7, 11) is 0. The van der Waals surface area contributed by atoms with Crippen LogP contribution in [0.25, 0.3) is 11.0 Å². The molecular formula is C15H9F3O2. The predicted octanol–water partition coefficient (Wildman–Crippen LogP) is 3.93. The number of rotatable bonds is 2. The molecule has 20 heavy (non-hydrogen) atoms. The Bertz CT molecular complexity index is 760. The first-order valence-corrected chi connectivity index (χ1v) is 5.86. The normalized spacial score (nSPS) is 12.8. The van der Waals surface area contributed by atoms with Crippen molar-refractivity contribution in [3.05, 3.63) is 71.2 Å². The maximum Gasteiger partial charge on any atom is 0.138 e. The van der Waals surface area contributed by atoms with Gasteiger partial charge in [-0.2, -0.15) is 0 Å².